The Morgan fingerprint density at radius 1 is 1.42 bits per heavy atom. The second-order valence-corrected chi connectivity index (χ2v) is 2.34. The van der Waals surface area contributed by atoms with E-state index in [1.165, 1.54) is 0 Å². The number of nitrogens with one attached hydrogen (secondary N) is 1. The number of H-pyrrole nitrogens is 1. The third-order valence-corrected chi connectivity index (χ3v) is 1.43. The number of aromatic nitrogens is 1. The van der Waals surface area contributed by atoms with Crippen molar-refractivity contribution >= 4 is 5.78 Å². The van der Waals surface area contributed by atoms with Gasteiger partial charge in [-0.25, -0.2) is 0 Å². The van der Waals surface area contributed by atoms with Gasteiger partial charge in [0.1, 0.15) is 0 Å². The Bertz CT molecular complexity index is 300. The third-order valence-electron chi connectivity index (χ3n) is 1.43. The van der Waals surface area contributed by atoms with Crippen molar-refractivity contribution in [2.75, 3.05) is 0 Å². The van der Waals surface area contributed by atoms with Gasteiger partial charge in [-0.2, -0.15) is 13.2 Å². The number of Topliss-reactive ketones (excluding diaryl/α,β-unsaturated/α-hetero) is 1. The van der Waals surface area contributed by atoms with Crippen LogP contribution in [0.2, 0.25) is 0 Å². The number of alkyl halides is 3. The van der Waals surface area contributed by atoms with Gasteiger partial charge in [-0.15, -0.1) is 0 Å². The molecule has 0 bridgehead atoms. The minimum Gasteiger partial charge on any atom is -0.366 e. The van der Waals surface area contributed by atoms with Crippen LogP contribution in [0.25, 0.3) is 0 Å². The number of ketones is 1. The maximum atomic E-state index is 12.1. The molecule has 12 heavy (non-hydrogen) atoms. The summed E-state index contributed by atoms with van der Waals surface area (Å²) >= 11 is 0. The molecule has 2 nitrogen and oxygen atoms in total. The van der Waals surface area contributed by atoms with Crippen molar-refractivity contribution < 1.29 is 18.0 Å². The lowest BCUT2D eigenvalue weighted by atomic mass is 10.1. The summed E-state index contributed by atoms with van der Waals surface area (Å²) in [5.74, 6) is -0.594. The predicted octanol–water partition coefficient (Wildman–Crippen LogP) is 2.24. The van der Waals surface area contributed by atoms with E-state index in [0.717, 1.165) is 19.3 Å². The summed E-state index contributed by atoms with van der Waals surface area (Å²) in [7, 11) is 0. The van der Waals surface area contributed by atoms with Crippen LogP contribution in [0.5, 0.6) is 0 Å². The maximum Gasteiger partial charge on any atom is 0.418 e. The first-order chi connectivity index (χ1) is 5.43. The Labute approximate surface area is 66.4 Å². The highest BCUT2D eigenvalue weighted by molar-refractivity contribution is 5.95. The van der Waals surface area contributed by atoms with Crippen molar-refractivity contribution in [3.8, 4) is 0 Å². The van der Waals surface area contributed by atoms with E-state index >= 15 is 0 Å². The zero-order valence-electron chi connectivity index (χ0n) is 6.20. The molecule has 0 saturated carbocycles. The topological polar surface area (TPSA) is 32.9 Å². The molecule has 0 radical (unpaired) electrons. The van der Waals surface area contributed by atoms with Crippen molar-refractivity contribution in [1.82, 2.24) is 4.98 Å². The van der Waals surface area contributed by atoms with Gasteiger partial charge in [0.25, 0.3) is 0 Å². The second-order valence-electron chi connectivity index (χ2n) is 2.34. The van der Waals surface area contributed by atoms with Crippen LogP contribution in [-0.2, 0) is 6.18 Å². The van der Waals surface area contributed by atoms with Crippen LogP contribution in [0.3, 0.4) is 0 Å². The Hall–Kier alpha value is -1.26. The van der Waals surface area contributed by atoms with Gasteiger partial charge in [0.05, 0.1) is 5.56 Å². The van der Waals surface area contributed by atoms with Crippen molar-refractivity contribution in [1.29, 1.82) is 0 Å². The fraction of sp³-hybridized carbons (Fsp3) is 0.286. The van der Waals surface area contributed by atoms with Gasteiger partial charge in [-0.05, 0) is 6.92 Å². The van der Waals surface area contributed by atoms with E-state index in [1.807, 2.05) is 0 Å². The van der Waals surface area contributed by atoms with Gasteiger partial charge in [0.2, 0.25) is 0 Å². The van der Waals surface area contributed by atoms with Gasteiger partial charge in [0.15, 0.2) is 5.78 Å². The maximum absolute atomic E-state index is 12.1. The monoisotopic (exact) mass is 177 g/mol. The molecule has 0 fully saturated rings. The minimum atomic E-state index is -4.46. The van der Waals surface area contributed by atoms with E-state index in [0.29, 0.717) is 0 Å². The van der Waals surface area contributed by atoms with Crippen LogP contribution >= 0.6 is 0 Å². The number of carbonyl (C=O) groups excluding carboxylic acids is 1. The smallest absolute Gasteiger partial charge is 0.366 e. The molecule has 0 spiro atoms. The lowest BCUT2D eigenvalue weighted by Gasteiger charge is -2.04. The number of hydrogen-bond acceptors (Lipinski definition) is 1. The number of hydrogen-bond donors (Lipinski definition) is 1. The highest BCUT2D eigenvalue weighted by Gasteiger charge is 2.34. The highest BCUT2D eigenvalue weighted by atomic mass is 19.4. The Morgan fingerprint density at radius 2 is 2.00 bits per heavy atom. The fourth-order valence-corrected chi connectivity index (χ4v) is 0.890. The van der Waals surface area contributed by atoms with E-state index in [9.17, 15) is 18.0 Å². The molecule has 0 unspecified atom stereocenters. The lowest BCUT2D eigenvalue weighted by Crippen LogP contribution is -2.08. The fourth-order valence-electron chi connectivity index (χ4n) is 0.890. The standard InChI is InChI=1S/C7H6F3NO/c1-4(12)5-2-11-3-6(5)7(8,9)10/h2-3,11H,1H3. The number of carbonyl (C=O) groups is 1. The molecule has 5 heteroatoms. The average Bonchev–Trinajstić information content (AvgIpc) is 2.30. The Balaban J connectivity index is 3.17. The first-order valence-corrected chi connectivity index (χ1v) is 3.18. The van der Waals surface area contributed by atoms with Gasteiger partial charge in [-0.1, -0.05) is 0 Å². The molecule has 0 aliphatic carbocycles. The number of rotatable bonds is 1. The number of aromatic amines is 1. The van der Waals surface area contributed by atoms with Crippen molar-refractivity contribution in [2.24, 2.45) is 0 Å². The predicted molar refractivity (Wildman–Crippen MR) is 35.8 cm³/mol. The summed E-state index contributed by atoms with van der Waals surface area (Å²) in [5, 5.41) is 0. The van der Waals surface area contributed by atoms with Crippen molar-refractivity contribution in [3.63, 3.8) is 0 Å². The van der Waals surface area contributed by atoms with Gasteiger partial charge < -0.3 is 4.98 Å². The molecule has 1 N–H and O–H groups in total. The van der Waals surface area contributed by atoms with Crippen LogP contribution < -0.4 is 0 Å². The highest BCUT2D eigenvalue weighted by Crippen LogP contribution is 2.31. The Morgan fingerprint density at radius 3 is 2.33 bits per heavy atom. The molecule has 0 saturated heterocycles. The van der Waals surface area contributed by atoms with E-state index in [2.05, 4.69) is 4.98 Å². The molecule has 0 aliphatic rings. The van der Waals surface area contributed by atoms with E-state index < -0.39 is 17.5 Å². The SMILES string of the molecule is CC(=O)c1c[nH]cc1C(F)(F)F. The summed E-state index contributed by atoms with van der Waals surface area (Å²) in [6.45, 7) is 1.10. The largest absolute Gasteiger partial charge is 0.418 e. The van der Waals surface area contributed by atoms with Crippen molar-refractivity contribution in [2.45, 2.75) is 13.1 Å². The molecular weight excluding hydrogens is 171 g/mol. The quantitative estimate of drug-likeness (QED) is 0.655. The van der Waals surface area contributed by atoms with Crippen LogP contribution in [0, 0.1) is 0 Å². The average molecular weight is 177 g/mol. The first-order valence-electron chi connectivity index (χ1n) is 3.18. The van der Waals surface area contributed by atoms with Crippen LogP contribution in [0.1, 0.15) is 22.8 Å². The van der Waals surface area contributed by atoms with E-state index in [-0.39, 0.29) is 5.56 Å². The molecule has 66 valence electrons. The molecule has 0 amide bonds. The van der Waals surface area contributed by atoms with Gasteiger partial charge in [0, 0.05) is 18.0 Å². The van der Waals surface area contributed by atoms with Crippen LogP contribution in [0.15, 0.2) is 12.4 Å². The normalized spacial score (nSPS) is 11.7. The Kier molecular flexibility index (Phi) is 1.95. The summed E-state index contributed by atoms with van der Waals surface area (Å²) in [6, 6.07) is 0. The molecule has 0 aliphatic heterocycles. The minimum absolute atomic E-state index is 0.317. The van der Waals surface area contributed by atoms with E-state index in [1.54, 1.807) is 0 Å². The molecule has 1 aromatic rings. The first kappa shape index (κ1) is 8.83. The lowest BCUT2D eigenvalue weighted by molar-refractivity contribution is -0.137. The zero-order valence-corrected chi connectivity index (χ0v) is 6.20. The van der Waals surface area contributed by atoms with Crippen LogP contribution in [0.4, 0.5) is 13.2 Å². The van der Waals surface area contributed by atoms with Crippen molar-refractivity contribution in [3.05, 3.63) is 23.5 Å². The van der Waals surface area contributed by atoms with Crippen LogP contribution in [-0.4, -0.2) is 10.8 Å². The summed E-state index contributed by atoms with van der Waals surface area (Å²) < 4.78 is 36.2. The summed E-state index contributed by atoms with van der Waals surface area (Å²) in [4.78, 5) is 12.9. The summed E-state index contributed by atoms with van der Waals surface area (Å²) in [5.41, 5.74) is -1.22. The molecule has 0 aromatic carbocycles. The third kappa shape index (κ3) is 1.49. The second kappa shape index (κ2) is 2.66. The molecule has 1 rings (SSSR count). The molecule has 1 heterocycles. The van der Waals surface area contributed by atoms with Gasteiger partial charge in [-0.3, -0.25) is 4.79 Å². The molecular formula is C7H6F3NO. The molecule has 0 atom stereocenters. The van der Waals surface area contributed by atoms with Gasteiger partial charge >= 0.3 is 6.18 Å². The summed E-state index contributed by atoms with van der Waals surface area (Å²) in [6.07, 6.45) is -2.64. The zero-order chi connectivity index (χ0) is 9.35. The molecule has 1 aromatic heterocycles. The van der Waals surface area contributed by atoms with E-state index in [4.69, 9.17) is 0 Å². The number of halogens is 3.